The first-order chi connectivity index (χ1) is 9.70. The Bertz CT molecular complexity index is 819. The van der Waals surface area contributed by atoms with Crippen molar-refractivity contribution in [3.8, 4) is 22.8 Å². The SMILES string of the molecule is COc1c(-c2ccccc2)oc2ccc(O)cc2c1=O. The van der Waals surface area contributed by atoms with Gasteiger partial charge in [-0.1, -0.05) is 30.3 Å². The lowest BCUT2D eigenvalue weighted by Gasteiger charge is -2.08. The van der Waals surface area contributed by atoms with E-state index in [0.717, 1.165) is 5.56 Å². The molecule has 2 aromatic carbocycles. The third-order valence-electron chi connectivity index (χ3n) is 3.07. The van der Waals surface area contributed by atoms with Crippen LogP contribution in [-0.4, -0.2) is 12.2 Å². The summed E-state index contributed by atoms with van der Waals surface area (Å²) in [7, 11) is 1.42. The molecule has 0 radical (unpaired) electrons. The molecule has 0 bridgehead atoms. The van der Waals surface area contributed by atoms with Crippen molar-refractivity contribution >= 4 is 11.0 Å². The molecule has 0 spiro atoms. The number of fused-ring (bicyclic) bond motifs is 1. The minimum Gasteiger partial charge on any atom is -0.508 e. The molecule has 0 amide bonds. The molecule has 0 aliphatic carbocycles. The van der Waals surface area contributed by atoms with E-state index in [9.17, 15) is 9.90 Å². The van der Waals surface area contributed by atoms with Crippen LogP contribution in [0.5, 0.6) is 11.5 Å². The van der Waals surface area contributed by atoms with E-state index in [1.165, 1.54) is 19.2 Å². The number of rotatable bonds is 2. The maximum atomic E-state index is 12.4. The lowest BCUT2D eigenvalue weighted by molar-refractivity contribution is 0.398. The smallest absolute Gasteiger partial charge is 0.235 e. The van der Waals surface area contributed by atoms with Crippen LogP contribution in [0.15, 0.2) is 57.7 Å². The van der Waals surface area contributed by atoms with Gasteiger partial charge in [-0.2, -0.15) is 0 Å². The Labute approximate surface area is 114 Å². The number of phenols is 1. The molecule has 0 saturated heterocycles. The Morgan fingerprint density at radius 2 is 1.85 bits per heavy atom. The quantitative estimate of drug-likeness (QED) is 0.775. The van der Waals surface area contributed by atoms with E-state index in [2.05, 4.69) is 0 Å². The molecule has 0 aliphatic rings. The van der Waals surface area contributed by atoms with Gasteiger partial charge in [-0.3, -0.25) is 4.79 Å². The number of ether oxygens (including phenoxy) is 1. The molecule has 20 heavy (non-hydrogen) atoms. The first-order valence-corrected chi connectivity index (χ1v) is 6.10. The zero-order valence-electron chi connectivity index (χ0n) is 10.8. The Balaban J connectivity index is 2.39. The van der Waals surface area contributed by atoms with E-state index < -0.39 is 0 Å². The number of hydrogen-bond donors (Lipinski definition) is 1. The summed E-state index contributed by atoms with van der Waals surface area (Å²) in [5.74, 6) is 0.532. The summed E-state index contributed by atoms with van der Waals surface area (Å²) in [4.78, 5) is 12.4. The van der Waals surface area contributed by atoms with E-state index >= 15 is 0 Å². The number of benzene rings is 2. The van der Waals surface area contributed by atoms with E-state index in [4.69, 9.17) is 9.15 Å². The maximum Gasteiger partial charge on any atom is 0.235 e. The summed E-state index contributed by atoms with van der Waals surface area (Å²) in [5.41, 5.74) is 0.868. The van der Waals surface area contributed by atoms with Crippen molar-refractivity contribution in [2.45, 2.75) is 0 Å². The molecule has 1 aromatic heterocycles. The molecule has 0 aliphatic heterocycles. The van der Waals surface area contributed by atoms with Crippen LogP contribution < -0.4 is 10.2 Å². The van der Waals surface area contributed by atoms with Gasteiger partial charge in [0.25, 0.3) is 0 Å². The van der Waals surface area contributed by atoms with Crippen molar-refractivity contribution in [1.82, 2.24) is 0 Å². The largest absolute Gasteiger partial charge is 0.508 e. The first-order valence-electron chi connectivity index (χ1n) is 6.10. The van der Waals surface area contributed by atoms with Crippen LogP contribution in [0.1, 0.15) is 0 Å². The van der Waals surface area contributed by atoms with Crippen LogP contribution in [0.2, 0.25) is 0 Å². The van der Waals surface area contributed by atoms with Gasteiger partial charge in [0, 0.05) is 5.56 Å². The second kappa shape index (κ2) is 4.74. The summed E-state index contributed by atoms with van der Waals surface area (Å²) in [5, 5.41) is 9.78. The average Bonchev–Trinajstić information content (AvgIpc) is 2.48. The van der Waals surface area contributed by atoms with E-state index in [1.807, 2.05) is 30.3 Å². The van der Waals surface area contributed by atoms with Gasteiger partial charge in [-0.15, -0.1) is 0 Å². The Kier molecular flexibility index (Phi) is 2.91. The molecule has 1 heterocycles. The average molecular weight is 268 g/mol. The highest BCUT2D eigenvalue weighted by Gasteiger charge is 2.16. The van der Waals surface area contributed by atoms with Crippen LogP contribution in [0.25, 0.3) is 22.3 Å². The molecular formula is C16H12O4. The topological polar surface area (TPSA) is 59.7 Å². The van der Waals surface area contributed by atoms with Crippen LogP contribution in [0, 0.1) is 0 Å². The molecule has 3 rings (SSSR count). The van der Waals surface area contributed by atoms with Crippen molar-refractivity contribution in [2.75, 3.05) is 7.11 Å². The van der Waals surface area contributed by atoms with Gasteiger partial charge in [0.2, 0.25) is 11.2 Å². The minimum atomic E-state index is -0.302. The normalized spacial score (nSPS) is 10.7. The second-order valence-corrected chi connectivity index (χ2v) is 4.34. The van der Waals surface area contributed by atoms with Crippen molar-refractivity contribution in [3.63, 3.8) is 0 Å². The second-order valence-electron chi connectivity index (χ2n) is 4.34. The van der Waals surface area contributed by atoms with E-state index in [-0.39, 0.29) is 16.9 Å². The molecular weight excluding hydrogens is 256 g/mol. The fraction of sp³-hybridized carbons (Fsp3) is 0.0625. The van der Waals surface area contributed by atoms with Gasteiger partial charge in [0.1, 0.15) is 11.3 Å². The Morgan fingerprint density at radius 1 is 1.10 bits per heavy atom. The lowest BCUT2D eigenvalue weighted by atomic mass is 10.1. The molecule has 0 atom stereocenters. The van der Waals surface area contributed by atoms with Gasteiger partial charge >= 0.3 is 0 Å². The summed E-state index contributed by atoms with van der Waals surface area (Å²) < 4.78 is 11.0. The van der Waals surface area contributed by atoms with Crippen LogP contribution in [0.3, 0.4) is 0 Å². The molecule has 100 valence electrons. The lowest BCUT2D eigenvalue weighted by Crippen LogP contribution is -2.07. The van der Waals surface area contributed by atoms with Gasteiger partial charge < -0.3 is 14.3 Å². The first kappa shape index (κ1) is 12.3. The van der Waals surface area contributed by atoms with Crippen LogP contribution in [-0.2, 0) is 0 Å². The fourth-order valence-electron chi connectivity index (χ4n) is 2.13. The molecule has 3 aromatic rings. The standard InChI is InChI=1S/C16H12O4/c1-19-16-14(18)12-9-11(17)7-8-13(12)20-15(16)10-5-3-2-4-6-10/h2-9,17H,1H3. The van der Waals surface area contributed by atoms with Crippen molar-refractivity contribution in [1.29, 1.82) is 0 Å². The summed E-state index contributed by atoms with van der Waals surface area (Å²) in [6.07, 6.45) is 0. The highest BCUT2D eigenvalue weighted by atomic mass is 16.5. The van der Waals surface area contributed by atoms with Crippen molar-refractivity contribution < 1.29 is 14.3 Å². The zero-order valence-corrected chi connectivity index (χ0v) is 10.8. The van der Waals surface area contributed by atoms with E-state index in [1.54, 1.807) is 6.07 Å². The predicted molar refractivity (Wildman–Crippen MR) is 76.1 cm³/mol. The molecule has 0 saturated carbocycles. The van der Waals surface area contributed by atoms with Crippen molar-refractivity contribution in [3.05, 3.63) is 58.8 Å². The molecule has 0 unspecified atom stereocenters. The number of phenolic OH excluding ortho intramolecular Hbond substituents is 1. The van der Waals surface area contributed by atoms with Gasteiger partial charge in [-0.25, -0.2) is 0 Å². The Hall–Kier alpha value is -2.75. The molecule has 4 heteroatoms. The van der Waals surface area contributed by atoms with Gasteiger partial charge in [0.15, 0.2) is 5.76 Å². The number of methoxy groups -OCH3 is 1. The van der Waals surface area contributed by atoms with Crippen molar-refractivity contribution in [2.24, 2.45) is 0 Å². The number of aromatic hydroxyl groups is 1. The third kappa shape index (κ3) is 1.91. The fourth-order valence-corrected chi connectivity index (χ4v) is 2.13. The van der Waals surface area contributed by atoms with Crippen LogP contribution in [0.4, 0.5) is 0 Å². The Morgan fingerprint density at radius 3 is 2.55 bits per heavy atom. The van der Waals surface area contributed by atoms with Gasteiger partial charge in [0.05, 0.1) is 12.5 Å². The predicted octanol–water partition coefficient (Wildman–Crippen LogP) is 3.17. The molecule has 4 nitrogen and oxygen atoms in total. The number of hydrogen-bond acceptors (Lipinski definition) is 4. The maximum absolute atomic E-state index is 12.4. The minimum absolute atomic E-state index is 0.0133. The zero-order chi connectivity index (χ0) is 14.1. The summed E-state index contributed by atoms with van der Waals surface area (Å²) in [6, 6.07) is 13.7. The van der Waals surface area contributed by atoms with Crippen LogP contribution >= 0.6 is 0 Å². The van der Waals surface area contributed by atoms with Gasteiger partial charge in [-0.05, 0) is 18.2 Å². The monoisotopic (exact) mass is 268 g/mol. The third-order valence-corrected chi connectivity index (χ3v) is 3.07. The summed E-state index contributed by atoms with van der Waals surface area (Å²) >= 11 is 0. The highest BCUT2D eigenvalue weighted by molar-refractivity contribution is 5.83. The molecule has 0 fully saturated rings. The molecule has 1 N–H and O–H groups in total. The summed E-state index contributed by atoms with van der Waals surface area (Å²) in [6.45, 7) is 0. The van der Waals surface area contributed by atoms with E-state index in [0.29, 0.717) is 16.7 Å². The highest BCUT2D eigenvalue weighted by Crippen LogP contribution is 2.31.